The van der Waals surface area contributed by atoms with E-state index in [-0.39, 0.29) is 18.1 Å². The zero-order chi connectivity index (χ0) is 16.6. The normalized spacial score (nSPS) is 32.0. The van der Waals surface area contributed by atoms with Crippen LogP contribution in [0.3, 0.4) is 0 Å². The molecule has 2 unspecified atom stereocenters. The minimum absolute atomic E-state index is 0.0502. The maximum Gasteiger partial charge on any atom is 0.0747 e. The van der Waals surface area contributed by atoms with Crippen molar-refractivity contribution in [2.75, 3.05) is 7.11 Å². The van der Waals surface area contributed by atoms with E-state index in [1.807, 2.05) is 18.2 Å². The summed E-state index contributed by atoms with van der Waals surface area (Å²) in [7, 11) is 1.61. The molecule has 2 aliphatic heterocycles. The lowest BCUT2D eigenvalue weighted by atomic mass is 9.80. The molecule has 0 spiro atoms. The number of fused-ring (bicyclic) bond motifs is 2. The molecule has 0 aromatic heterocycles. The lowest BCUT2D eigenvalue weighted by Crippen LogP contribution is -2.44. The summed E-state index contributed by atoms with van der Waals surface area (Å²) in [6.45, 7) is 2.08. The van der Waals surface area contributed by atoms with E-state index in [9.17, 15) is 5.11 Å². The lowest BCUT2D eigenvalue weighted by Gasteiger charge is -2.35. The van der Waals surface area contributed by atoms with E-state index in [1.165, 1.54) is 0 Å². The highest BCUT2D eigenvalue weighted by Gasteiger charge is 2.44. The summed E-state index contributed by atoms with van der Waals surface area (Å²) in [5.74, 6) is 0.191. The molecule has 0 aliphatic carbocycles. The molecule has 1 aromatic carbocycles. The van der Waals surface area contributed by atoms with E-state index in [1.54, 1.807) is 7.11 Å². The summed E-state index contributed by atoms with van der Waals surface area (Å²) in [6, 6.07) is 6.07. The van der Waals surface area contributed by atoms with Crippen molar-refractivity contribution < 1.29 is 9.94 Å². The van der Waals surface area contributed by atoms with Crippen LogP contribution in [-0.2, 0) is 4.84 Å². The van der Waals surface area contributed by atoms with E-state index in [4.69, 9.17) is 28.0 Å². The van der Waals surface area contributed by atoms with Crippen molar-refractivity contribution in [1.82, 2.24) is 10.8 Å². The highest BCUT2D eigenvalue weighted by Crippen LogP contribution is 2.44. The van der Waals surface area contributed by atoms with Gasteiger partial charge in [0.05, 0.1) is 29.3 Å². The van der Waals surface area contributed by atoms with Gasteiger partial charge in [0.2, 0.25) is 0 Å². The van der Waals surface area contributed by atoms with Crippen LogP contribution in [0.15, 0.2) is 29.5 Å². The summed E-state index contributed by atoms with van der Waals surface area (Å²) >= 11 is 12.3. The van der Waals surface area contributed by atoms with E-state index in [0.29, 0.717) is 16.1 Å². The number of allylic oxidation sites excluding steroid dienone is 1. The number of piperidine rings is 1. The second-order valence-corrected chi connectivity index (χ2v) is 7.01. The Bertz CT molecular complexity index is 621. The average Bonchev–Trinajstić information content (AvgIpc) is 2.83. The fourth-order valence-electron chi connectivity index (χ4n) is 3.85. The van der Waals surface area contributed by atoms with Crippen LogP contribution in [-0.4, -0.2) is 30.4 Å². The maximum atomic E-state index is 10.4. The molecule has 3 rings (SSSR count). The van der Waals surface area contributed by atoms with Crippen LogP contribution in [0.4, 0.5) is 0 Å². The molecular formula is C17H22Cl2N2O2. The number of halogens is 2. The summed E-state index contributed by atoms with van der Waals surface area (Å²) in [5, 5.41) is 15.1. The SMILES string of the molecule is CCC(NOC)=C1[C@H](c2ccc(Cl)c(Cl)c2)CC2CC(O)[C@@H]1N2. The van der Waals surface area contributed by atoms with Crippen molar-refractivity contribution in [3.63, 3.8) is 0 Å². The molecule has 6 heteroatoms. The second kappa shape index (κ2) is 6.99. The molecule has 4 atom stereocenters. The van der Waals surface area contributed by atoms with E-state index in [0.717, 1.165) is 36.1 Å². The summed E-state index contributed by atoms with van der Waals surface area (Å²) in [5.41, 5.74) is 6.30. The first-order chi connectivity index (χ1) is 11.0. The summed E-state index contributed by atoms with van der Waals surface area (Å²) in [4.78, 5) is 5.15. The van der Waals surface area contributed by atoms with Gasteiger partial charge in [-0.2, -0.15) is 0 Å². The molecule has 2 bridgehead atoms. The molecule has 2 aliphatic rings. The Kier molecular flexibility index (Phi) is 5.19. The van der Waals surface area contributed by atoms with Crippen LogP contribution < -0.4 is 10.8 Å². The quantitative estimate of drug-likeness (QED) is 0.723. The Balaban J connectivity index is 2.06. The number of hydrogen-bond acceptors (Lipinski definition) is 4. The summed E-state index contributed by atoms with van der Waals surface area (Å²) < 4.78 is 0. The first-order valence-corrected chi connectivity index (χ1v) is 8.71. The van der Waals surface area contributed by atoms with Crippen molar-refractivity contribution in [1.29, 1.82) is 0 Å². The number of hydrogen-bond donors (Lipinski definition) is 3. The molecule has 3 N–H and O–H groups in total. The largest absolute Gasteiger partial charge is 0.391 e. The van der Waals surface area contributed by atoms with Crippen molar-refractivity contribution >= 4 is 23.2 Å². The van der Waals surface area contributed by atoms with Crippen molar-refractivity contribution in [3.8, 4) is 0 Å². The van der Waals surface area contributed by atoms with Gasteiger partial charge in [0.15, 0.2) is 0 Å². The Morgan fingerprint density at radius 2 is 2.13 bits per heavy atom. The minimum atomic E-state index is -0.372. The molecule has 4 nitrogen and oxygen atoms in total. The van der Waals surface area contributed by atoms with Crippen LogP contribution >= 0.6 is 23.2 Å². The van der Waals surface area contributed by atoms with Crippen molar-refractivity contribution in [2.45, 2.75) is 50.3 Å². The van der Waals surface area contributed by atoms with Crippen molar-refractivity contribution in [2.24, 2.45) is 0 Å². The molecule has 0 saturated carbocycles. The molecule has 126 valence electrons. The molecule has 2 heterocycles. The fraction of sp³-hybridized carbons (Fsp3) is 0.529. The van der Waals surface area contributed by atoms with Crippen LogP contribution in [0.1, 0.15) is 37.7 Å². The third-order valence-corrected chi connectivity index (χ3v) is 5.57. The first kappa shape index (κ1) is 17.1. The van der Waals surface area contributed by atoms with E-state index >= 15 is 0 Å². The van der Waals surface area contributed by atoms with Crippen LogP contribution in [0, 0.1) is 0 Å². The van der Waals surface area contributed by atoms with Gasteiger partial charge in [-0.1, -0.05) is 36.2 Å². The molecule has 0 amide bonds. The number of aliphatic hydroxyl groups excluding tert-OH is 1. The zero-order valence-corrected chi connectivity index (χ0v) is 14.8. The minimum Gasteiger partial charge on any atom is -0.391 e. The highest BCUT2D eigenvalue weighted by molar-refractivity contribution is 6.42. The van der Waals surface area contributed by atoms with Crippen molar-refractivity contribution in [3.05, 3.63) is 45.1 Å². The number of rotatable bonds is 4. The highest BCUT2D eigenvalue weighted by atomic mass is 35.5. The first-order valence-electron chi connectivity index (χ1n) is 7.96. The third-order valence-electron chi connectivity index (χ3n) is 4.83. The topological polar surface area (TPSA) is 53.5 Å². The second-order valence-electron chi connectivity index (χ2n) is 6.20. The Labute approximate surface area is 146 Å². The Morgan fingerprint density at radius 3 is 2.78 bits per heavy atom. The summed E-state index contributed by atoms with van der Waals surface area (Å²) in [6.07, 6.45) is 2.13. The third kappa shape index (κ3) is 3.24. The Hall–Kier alpha value is -0.780. The molecule has 0 radical (unpaired) electrons. The predicted molar refractivity (Wildman–Crippen MR) is 92.6 cm³/mol. The van der Waals surface area contributed by atoms with Gasteiger partial charge in [0.1, 0.15) is 0 Å². The van der Waals surface area contributed by atoms with Gasteiger partial charge in [0, 0.05) is 17.7 Å². The van der Waals surface area contributed by atoms with E-state index < -0.39 is 0 Å². The zero-order valence-electron chi connectivity index (χ0n) is 13.3. The van der Waals surface area contributed by atoms with Crippen LogP contribution in [0.5, 0.6) is 0 Å². The van der Waals surface area contributed by atoms with Gasteiger partial charge in [-0.05, 0) is 42.5 Å². The van der Waals surface area contributed by atoms with Crippen LogP contribution in [0.2, 0.25) is 10.0 Å². The number of nitrogens with one attached hydrogen (secondary N) is 2. The van der Waals surface area contributed by atoms with Gasteiger partial charge in [0.25, 0.3) is 0 Å². The molecule has 2 saturated heterocycles. The number of benzene rings is 1. The fourth-order valence-corrected chi connectivity index (χ4v) is 4.16. The van der Waals surface area contributed by atoms with Gasteiger partial charge in [-0.15, -0.1) is 0 Å². The van der Waals surface area contributed by atoms with Crippen LogP contribution in [0.25, 0.3) is 0 Å². The molecule has 23 heavy (non-hydrogen) atoms. The number of hydroxylamine groups is 1. The lowest BCUT2D eigenvalue weighted by molar-refractivity contribution is 0.111. The van der Waals surface area contributed by atoms with E-state index in [2.05, 4.69) is 17.7 Å². The Morgan fingerprint density at radius 1 is 1.35 bits per heavy atom. The maximum absolute atomic E-state index is 10.4. The van der Waals surface area contributed by atoms with Gasteiger partial charge < -0.3 is 10.4 Å². The van der Waals surface area contributed by atoms with Gasteiger partial charge in [-0.3, -0.25) is 10.3 Å². The smallest absolute Gasteiger partial charge is 0.0747 e. The average molecular weight is 357 g/mol. The molecule has 1 aromatic rings. The standard InChI is InChI=1S/C17H22Cl2N2O2/c1-3-14(21-23-2)16-11(7-10-8-15(22)17(16)20-10)9-4-5-12(18)13(19)6-9/h4-6,10-11,15,17,20-22H,3,7-8H2,1-2H3/t10?,11-,15?,17-/m0/s1. The molecular weight excluding hydrogens is 335 g/mol. The molecule has 2 fully saturated rings. The monoisotopic (exact) mass is 356 g/mol. The number of aliphatic hydroxyl groups is 1. The van der Waals surface area contributed by atoms with Gasteiger partial charge >= 0.3 is 0 Å². The predicted octanol–water partition coefficient (Wildman–Crippen LogP) is 3.39. The van der Waals surface area contributed by atoms with Gasteiger partial charge in [-0.25, -0.2) is 0 Å².